The summed E-state index contributed by atoms with van der Waals surface area (Å²) < 4.78 is 1.62. The first-order chi connectivity index (χ1) is 17.7. The first-order valence-electron chi connectivity index (χ1n) is 12.0. The van der Waals surface area contributed by atoms with Gasteiger partial charge in [-0.25, -0.2) is 4.98 Å². The van der Waals surface area contributed by atoms with Crippen LogP contribution in [0, 0.1) is 24.0 Å². The van der Waals surface area contributed by atoms with Gasteiger partial charge >= 0.3 is 0 Å². The summed E-state index contributed by atoms with van der Waals surface area (Å²) in [5, 5.41) is 11.4. The standard InChI is InChI=1S/C29H28N4O4/c1-5-25(31(4)27(34)17-13-21-11-14-22(15-12-21)33(36)37)28-30-24-9-7-6-8-23(24)29(35)32(28)26-16-10-19(2)18-20(26)3/h6-18,25H,5H2,1-4H3/b17-13+. The minimum Gasteiger partial charge on any atom is -0.332 e. The minimum atomic E-state index is -0.480. The topological polar surface area (TPSA) is 98.3 Å². The Morgan fingerprint density at radius 1 is 1.11 bits per heavy atom. The number of non-ortho nitro benzene ring substituents is 1. The molecule has 0 aliphatic heterocycles. The molecule has 0 saturated carbocycles. The quantitative estimate of drug-likeness (QED) is 0.190. The zero-order chi connectivity index (χ0) is 26.7. The number of nitro groups is 1. The number of para-hydroxylation sites is 1. The lowest BCUT2D eigenvalue weighted by Crippen LogP contribution is -2.35. The van der Waals surface area contributed by atoms with Crippen LogP contribution < -0.4 is 5.56 Å². The van der Waals surface area contributed by atoms with E-state index in [9.17, 15) is 19.7 Å². The molecule has 0 N–H and O–H groups in total. The highest BCUT2D eigenvalue weighted by atomic mass is 16.6. The van der Waals surface area contributed by atoms with Gasteiger partial charge in [0.15, 0.2) is 0 Å². The maximum Gasteiger partial charge on any atom is 0.269 e. The summed E-state index contributed by atoms with van der Waals surface area (Å²) in [7, 11) is 1.68. The van der Waals surface area contributed by atoms with Crippen molar-refractivity contribution in [1.29, 1.82) is 0 Å². The van der Waals surface area contributed by atoms with Gasteiger partial charge in [-0.3, -0.25) is 24.3 Å². The number of hydrogen-bond acceptors (Lipinski definition) is 5. The Kier molecular flexibility index (Phi) is 7.29. The molecule has 8 nitrogen and oxygen atoms in total. The van der Waals surface area contributed by atoms with Gasteiger partial charge in [0.05, 0.1) is 27.6 Å². The smallest absolute Gasteiger partial charge is 0.269 e. The van der Waals surface area contributed by atoms with Crippen molar-refractivity contribution >= 4 is 28.6 Å². The van der Waals surface area contributed by atoms with E-state index >= 15 is 0 Å². The van der Waals surface area contributed by atoms with Crippen molar-refractivity contribution in [3.05, 3.63) is 116 Å². The fourth-order valence-corrected chi connectivity index (χ4v) is 4.44. The molecule has 188 valence electrons. The molecule has 1 heterocycles. The minimum absolute atomic E-state index is 0.0154. The number of nitrogens with zero attached hydrogens (tertiary/aromatic N) is 4. The number of rotatable bonds is 7. The summed E-state index contributed by atoms with van der Waals surface area (Å²) in [6.07, 6.45) is 3.56. The van der Waals surface area contributed by atoms with Gasteiger partial charge in [-0.2, -0.15) is 0 Å². The first kappa shape index (κ1) is 25.5. The number of aromatic nitrogens is 2. The third-order valence-corrected chi connectivity index (χ3v) is 6.42. The van der Waals surface area contributed by atoms with Gasteiger partial charge in [0.2, 0.25) is 5.91 Å². The highest BCUT2D eigenvalue weighted by molar-refractivity contribution is 5.92. The molecule has 1 aromatic heterocycles. The monoisotopic (exact) mass is 496 g/mol. The van der Waals surface area contributed by atoms with Crippen molar-refractivity contribution in [2.75, 3.05) is 7.05 Å². The largest absolute Gasteiger partial charge is 0.332 e. The van der Waals surface area contributed by atoms with Crippen LogP contribution in [0.5, 0.6) is 0 Å². The number of carbonyl (C=O) groups is 1. The van der Waals surface area contributed by atoms with E-state index in [1.165, 1.54) is 18.2 Å². The Morgan fingerprint density at radius 3 is 2.46 bits per heavy atom. The van der Waals surface area contributed by atoms with E-state index in [2.05, 4.69) is 0 Å². The van der Waals surface area contributed by atoms with Crippen LogP contribution in [0.25, 0.3) is 22.7 Å². The third kappa shape index (κ3) is 5.18. The Bertz CT molecular complexity index is 1570. The van der Waals surface area contributed by atoms with Gasteiger partial charge in [-0.05, 0) is 67.8 Å². The lowest BCUT2D eigenvalue weighted by atomic mass is 10.1. The van der Waals surface area contributed by atoms with Crippen LogP contribution in [-0.2, 0) is 4.79 Å². The number of benzene rings is 3. The fraction of sp³-hybridized carbons (Fsp3) is 0.207. The lowest BCUT2D eigenvalue weighted by Gasteiger charge is -2.28. The molecule has 0 spiro atoms. The van der Waals surface area contributed by atoms with Crippen LogP contribution in [-0.4, -0.2) is 32.3 Å². The van der Waals surface area contributed by atoms with E-state index in [0.29, 0.717) is 28.7 Å². The maximum atomic E-state index is 13.7. The number of nitro benzene ring substituents is 1. The van der Waals surface area contributed by atoms with E-state index in [-0.39, 0.29) is 17.2 Å². The van der Waals surface area contributed by atoms with Crippen molar-refractivity contribution in [2.45, 2.75) is 33.2 Å². The van der Waals surface area contributed by atoms with Crippen LogP contribution in [0.2, 0.25) is 0 Å². The maximum absolute atomic E-state index is 13.7. The predicted octanol–water partition coefficient (Wildman–Crippen LogP) is 5.53. The van der Waals surface area contributed by atoms with Crippen LogP contribution in [0.4, 0.5) is 5.69 Å². The molecule has 0 aliphatic rings. The van der Waals surface area contributed by atoms with Crippen LogP contribution >= 0.6 is 0 Å². The number of fused-ring (bicyclic) bond motifs is 1. The predicted molar refractivity (Wildman–Crippen MR) is 145 cm³/mol. The summed E-state index contributed by atoms with van der Waals surface area (Å²) in [4.78, 5) is 43.8. The molecule has 0 bridgehead atoms. The second kappa shape index (κ2) is 10.6. The van der Waals surface area contributed by atoms with Crippen molar-refractivity contribution in [3.8, 4) is 5.69 Å². The molecule has 4 rings (SSSR count). The molecule has 0 saturated heterocycles. The highest BCUT2D eigenvalue weighted by Crippen LogP contribution is 2.27. The van der Waals surface area contributed by atoms with Gasteiger partial charge in [0.1, 0.15) is 5.82 Å². The van der Waals surface area contributed by atoms with Crippen molar-refractivity contribution in [2.24, 2.45) is 0 Å². The van der Waals surface area contributed by atoms with E-state index < -0.39 is 11.0 Å². The second-order valence-corrected chi connectivity index (χ2v) is 8.97. The molecule has 0 fully saturated rings. The normalized spacial score (nSPS) is 12.1. The van der Waals surface area contributed by atoms with E-state index in [1.807, 2.05) is 51.1 Å². The van der Waals surface area contributed by atoms with E-state index in [1.54, 1.807) is 46.9 Å². The molecule has 1 unspecified atom stereocenters. The van der Waals surface area contributed by atoms with Gasteiger partial charge in [-0.15, -0.1) is 0 Å². The van der Waals surface area contributed by atoms with E-state index in [4.69, 9.17) is 4.98 Å². The molecular weight excluding hydrogens is 468 g/mol. The number of amides is 1. The Hall–Kier alpha value is -4.59. The average Bonchev–Trinajstić information content (AvgIpc) is 2.89. The number of aryl methyl sites for hydroxylation is 2. The fourth-order valence-electron chi connectivity index (χ4n) is 4.44. The Balaban J connectivity index is 1.77. The summed E-state index contributed by atoms with van der Waals surface area (Å²) >= 11 is 0. The highest BCUT2D eigenvalue weighted by Gasteiger charge is 2.26. The van der Waals surface area contributed by atoms with Crippen molar-refractivity contribution < 1.29 is 9.72 Å². The SMILES string of the molecule is CCC(c1nc2ccccc2c(=O)n1-c1ccc(C)cc1C)N(C)C(=O)/C=C/c1ccc([N+](=O)[O-])cc1. The number of carbonyl (C=O) groups excluding carboxylic acids is 1. The third-order valence-electron chi connectivity index (χ3n) is 6.42. The molecule has 37 heavy (non-hydrogen) atoms. The van der Waals surface area contributed by atoms with Gasteiger partial charge in [-0.1, -0.05) is 36.8 Å². The Labute approximate surface area is 214 Å². The molecule has 1 amide bonds. The molecule has 0 radical (unpaired) electrons. The number of likely N-dealkylation sites (N-methyl/N-ethyl adjacent to an activating group) is 1. The summed E-state index contributed by atoms with van der Waals surface area (Å²) in [6.45, 7) is 5.90. The van der Waals surface area contributed by atoms with Gasteiger partial charge in [0.25, 0.3) is 11.2 Å². The second-order valence-electron chi connectivity index (χ2n) is 8.97. The number of hydrogen-bond donors (Lipinski definition) is 0. The lowest BCUT2D eigenvalue weighted by molar-refractivity contribution is -0.384. The van der Waals surface area contributed by atoms with Crippen molar-refractivity contribution in [1.82, 2.24) is 14.5 Å². The van der Waals surface area contributed by atoms with Crippen LogP contribution in [0.1, 0.15) is 41.9 Å². The molecular formula is C29H28N4O4. The summed E-state index contributed by atoms with van der Waals surface area (Å²) in [5.41, 5.74) is 3.78. The van der Waals surface area contributed by atoms with Gasteiger partial charge < -0.3 is 4.90 Å². The molecule has 1 atom stereocenters. The Morgan fingerprint density at radius 2 is 1.81 bits per heavy atom. The molecule has 8 heteroatoms. The summed E-state index contributed by atoms with van der Waals surface area (Å²) in [6, 6.07) is 18.6. The van der Waals surface area contributed by atoms with Crippen LogP contribution in [0.15, 0.2) is 77.6 Å². The zero-order valence-corrected chi connectivity index (χ0v) is 21.2. The van der Waals surface area contributed by atoms with Gasteiger partial charge in [0, 0.05) is 25.3 Å². The molecule has 0 aliphatic carbocycles. The van der Waals surface area contributed by atoms with Crippen molar-refractivity contribution in [3.63, 3.8) is 0 Å². The summed E-state index contributed by atoms with van der Waals surface area (Å²) in [5.74, 6) is 0.206. The van der Waals surface area contributed by atoms with Crippen LogP contribution in [0.3, 0.4) is 0 Å². The molecule has 3 aromatic carbocycles. The van der Waals surface area contributed by atoms with E-state index in [0.717, 1.165) is 16.8 Å². The average molecular weight is 497 g/mol. The molecule has 4 aromatic rings. The zero-order valence-electron chi connectivity index (χ0n) is 21.2. The first-order valence-corrected chi connectivity index (χ1v) is 12.0.